The number of hydrogen-bond donors (Lipinski definition) is 0. The molecule has 19 heavy (non-hydrogen) atoms. The zero-order valence-corrected chi connectivity index (χ0v) is 12.2. The molecule has 0 radical (unpaired) electrons. The quantitative estimate of drug-likeness (QED) is 0.819. The first-order chi connectivity index (χ1) is 8.99. The van der Waals surface area contributed by atoms with Crippen LogP contribution in [0.25, 0.3) is 0 Å². The average molecular weight is 260 g/mol. The molecule has 1 aromatic rings. The van der Waals surface area contributed by atoms with Crippen molar-refractivity contribution in [3.05, 3.63) is 35.9 Å². The lowest BCUT2D eigenvalue weighted by Gasteiger charge is -2.57. The van der Waals surface area contributed by atoms with Crippen LogP contribution >= 0.6 is 0 Å². The largest absolute Gasteiger partial charge is 0.373 e. The van der Waals surface area contributed by atoms with Crippen LogP contribution in [0.3, 0.4) is 0 Å². The van der Waals surface area contributed by atoms with Crippen LogP contribution in [0.5, 0.6) is 0 Å². The van der Waals surface area contributed by atoms with E-state index >= 15 is 0 Å². The molecule has 1 saturated carbocycles. The standard InChI is InChI=1S/C17H24O2/c1-16(2)14-9-10-17(3,19-16)11-15(14)18-12-13-7-5-4-6-8-13/h4-8,14-15H,9-12H2,1-3H3/t14-,15+,17+/m0/s1. The van der Waals surface area contributed by atoms with Crippen molar-refractivity contribution in [1.82, 2.24) is 0 Å². The second-order valence-corrected chi connectivity index (χ2v) is 6.84. The third-order valence-corrected chi connectivity index (χ3v) is 4.78. The molecule has 4 rings (SSSR count). The molecule has 0 N–H and O–H groups in total. The number of rotatable bonds is 3. The van der Waals surface area contributed by atoms with E-state index < -0.39 is 0 Å². The van der Waals surface area contributed by atoms with Crippen LogP contribution in [0.15, 0.2) is 30.3 Å². The van der Waals surface area contributed by atoms with Gasteiger partial charge in [-0.25, -0.2) is 0 Å². The normalized spacial score (nSPS) is 36.4. The summed E-state index contributed by atoms with van der Waals surface area (Å²) in [5.74, 6) is 0.526. The highest BCUT2D eigenvalue weighted by molar-refractivity contribution is 5.13. The summed E-state index contributed by atoms with van der Waals surface area (Å²) in [4.78, 5) is 0. The molecule has 0 amide bonds. The van der Waals surface area contributed by atoms with E-state index in [1.54, 1.807) is 0 Å². The van der Waals surface area contributed by atoms with Crippen molar-refractivity contribution >= 4 is 0 Å². The van der Waals surface area contributed by atoms with Crippen molar-refractivity contribution in [1.29, 1.82) is 0 Å². The van der Waals surface area contributed by atoms with E-state index in [1.807, 2.05) is 6.07 Å². The van der Waals surface area contributed by atoms with Gasteiger partial charge in [0.1, 0.15) is 0 Å². The maximum absolute atomic E-state index is 6.26. The monoisotopic (exact) mass is 260 g/mol. The highest BCUT2D eigenvalue weighted by Gasteiger charge is 2.53. The first kappa shape index (κ1) is 13.1. The van der Waals surface area contributed by atoms with Gasteiger partial charge in [-0.1, -0.05) is 30.3 Å². The predicted molar refractivity (Wildman–Crippen MR) is 75.9 cm³/mol. The average Bonchev–Trinajstić information content (AvgIpc) is 2.35. The first-order valence-electron chi connectivity index (χ1n) is 7.34. The van der Waals surface area contributed by atoms with E-state index in [0.29, 0.717) is 18.6 Å². The summed E-state index contributed by atoms with van der Waals surface area (Å²) >= 11 is 0. The number of fused-ring (bicyclic) bond motifs is 3. The summed E-state index contributed by atoms with van der Waals surface area (Å²) in [7, 11) is 0. The maximum Gasteiger partial charge on any atom is 0.0720 e. The minimum Gasteiger partial charge on any atom is -0.373 e. The molecule has 2 heterocycles. The molecule has 0 spiro atoms. The fourth-order valence-electron chi connectivity index (χ4n) is 3.87. The van der Waals surface area contributed by atoms with Crippen LogP contribution < -0.4 is 0 Å². The Labute approximate surface area is 116 Å². The summed E-state index contributed by atoms with van der Waals surface area (Å²) in [6.45, 7) is 7.39. The second kappa shape index (κ2) is 4.60. The van der Waals surface area contributed by atoms with E-state index in [4.69, 9.17) is 9.47 Å². The van der Waals surface area contributed by atoms with Gasteiger partial charge >= 0.3 is 0 Å². The Kier molecular flexibility index (Phi) is 3.18. The summed E-state index contributed by atoms with van der Waals surface area (Å²) in [6, 6.07) is 10.4. The van der Waals surface area contributed by atoms with Gasteiger partial charge in [-0.15, -0.1) is 0 Å². The van der Waals surface area contributed by atoms with Gasteiger partial charge in [0.15, 0.2) is 0 Å². The molecule has 2 aliphatic heterocycles. The Balaban J connectivity index is 1.69. The lowest BCUT2D eigenvalue weighted by atomic mass is 9.67. The SMILES string of the molecule is CC1(C)O[C@]2(C)CC[C@H]1[C@H](OCc1ccccc1)C2. The van der Waals surface area contributed by atoms with Crippen molar-refractivity contribution in [3.8, 4) is 0 Å². The molecule has 0 aromatic heterocycles. The molecule has 1 aliphatic carbocycles. The summed E-state index contributed by atoms with van der Waals surface area (Å²) in [5.41, 5.74) is 1.22. The van der Waals surface area contributed by atoms with E-state index in [0.717, 1.165) is 6.42 Å². The zero-order chi connectivity index (χ0) is 13.5. The van der Waals surface area contributed by atoms with Gasteiger partial charge in [0.25, 0.3) is 0 Å². The van der Waals surface area contributed by atoms with Crippen molar-refractivity contribution < 1.29 is 9.47 Å². The summed E-state index contributed by atoms with van der Waals surface area (Å²) in [6.07, 6.45) is 3.77. The Morgan fingerprint density at radius 1 is 1.21 bits per heavy atom. The molecular weight excluding hydrogens is 236 g/mol. The van der Waals surface area contributed by atoms with Crippen molar-refractivity contribution in [2.45, 2.75) is 63.9 Å². The highest BCUT2D eigenvalue weighted by atomic mass is 16.5. The predicted octanol–water partition coefficient (Wildman–Crippen LogP) is 3.94. The molecule has 2 nitrogen and oxygen atoms in total. The summed E-state index contributed by atoms with van der Waals surface area (Å²) < 4.78 is 12.5. The highest BCUT2D eigenvalue weighted by Crippen LogP contribution is 2.50. The van der Waals surface area contributed by atoms with E-state index in [9.17, 15) is 0 Å². The van der Waals surface area contributed by atoms with Gasteiger partial charge in [0.2, 0.25) is 0 Å². The Morgan fingerprint density at radius 2 is 1.95 bits per heavy atom. The molecule has 104 valence electrons. The van der Waals surface area contributed by atoms with E-state index in [-0.39, 0.29) is 11.2 Å². The van der Waals surface area contributed by atoms with Crippen LogP contribution in [0.4, 0.5) is 0 Å². The van der Waals surface area contributed by atoms with Gasteiger partial charge in [0, 0.05) is 12.3 Å². The fraction of sp³-hybridized carbons (Fsp3) is 0.647. The minimum atomic E-state index is -0.0490. The van der Waals surface area contributed by atoms with Gasteiger partial charge < -0.3 is 9.47 Å². The minimum absolute atomic E-state index is 0.0135. The second-order valence-electron chi connectivity index (χ2n) is 6.84. The molecule has 3 atom stereocenters. The van der Waals surface area contributed by atoms with Gasteiger partial charge in [0.05, 0.1) is 23.9 Å². The van der Waals surface area contributed by atoms with Crippen LogP contribution in [-0.2, 0) is 16.1 Å². The molecule has 0 unspecified atom stereocenters. The van der Waals surface area contributed by atoms with Crippen LogP contribution in [0, 0.1) is 5.92 Å². The lowest BCUT2D eigenvalue weighted by Crippen LogP contribution is -2.60. The van der Waals surface area contributed by atoms with Crippen LogP contribution in [-0.4, -0.2) is 17.3 Å². The Morgan fingerprint density at radius 3 is 2.58 bits per heavy atom. The van der Waals surface area contributed by atoms with Gasteiger partial charge in [-0.05, 0) is 39.2 Å². The molecule has 1 aromatic carbocycles. The zero-order valence-electron chi connectivity index (χ0n) is 12.2. The third-order valence-electron chi connectivity index (χ3n) is 4.78. The van der Waals surface area contributed by atoms with Gasteiger partial charge in [-0.2, -0.15) is 0 Å². The van der Waals surface area contributed by atoms with Crippen LogP contribution in [0.2, 0.25) is 0 Å². The first-order valence-corrected chi connectivity index (χ1v) is 7.34. The smallest absolute Gasteiger partial charge is 0.0720 e. The van der Waals surface area contributed by atoms with Crippen molar-refractivity contribution in [2.24, 2.45) is 5.92 Å². The molecule has 2 saturated heterocycles. The molecule has 3 fully saturated rings. The molecule has 2 bridgehead atoms. The Hall–Kier alpha value is -0.860. The van der Waals surface area contributed by atoms with Crippen molar-refractivity contribution in [3.63, 3.8) is 0 Å². The number of hydrogen-bond acceptors (Lipinski definition) is 2. The molecular formula is C17H24O2. The topological polar surface area (TPSA) is 18.5 Å². The lowest BCUT2D eigenvalue weighted by molar-refractivity contribution is -0.273. The summed E-state index contributed by atoms with van der Waals surface area (Å²) in [5, 5.41) is 0. The fourth-order valence-corrected chi connectivity index (χ4v) is 3.87. The number of benzene rings is 1. The van der Waals surface area contributed by atoms with Gasteiger partial charge in [-0.3, -0.25) is 0 Å². The van der Waals surface area contributed by atoms with Crippen LogP contribution in [0.1, 0.15) is 45.6 Å². The number of ether oxygens (including phenoxy) is 2. The molecule has 3 aliphatic rings. The maximum atomic E-state index is 6.26. The molecule has 2 heteroatoms. The van der Waals surface area contributed by atoms with Crippen molar-refractivity contribution in [2.75, 3.05) is 0 Å². The van der Waals surface area contributed by atoms with E-state index in [2.05, 4.69) is 45.0 Å². The third kappa shape index (κ3) is 2.56. The Bertz CT molecular complexity index is 437. The van der Waals surface area contributed by atoms with E-state index in [1.165, 1.54) is 18.4 Å².